The van der Waals surface area contributed by atoms with E-state index in [2.05, 4.69) is 10.4 Å². The maximum atomic E-state index is 12.1. The number of nitro groups is 1. The predicted octanol–water partition coefficient (Wildman–Crippen LogP) is 2.21. The molecule has 0 fully saturated rings. The minimum Gasteiger partial charge on any atom is -0.398 e. The van der Waals surface area contributed by atoms with E-state index in [0.29, 0.717) is 5.69 Å². The average molecular weight is 289 g/mol. The molecule has 0 aliphatic carbocycles. The smallest absolute Gasteiger partial charge is 0.270 e. The van der Waals surface area contributed by atoms with Gasteiger partial charge in [-0.15, -0.1) is 0 Å². The van der Waals surface area contributed by atoms with Crippen molar-refractivity contribution in [3.05, 3.63) is 46.3 Å². The minimum atomic E-state index is -0.576. The van der Waals surface area contributed by atoms with Crippen molar-refractivity contribution in [1.29, 1.82) is 0 Å². The quantitative estimate of drug-likeness (QED) is 0.508. The number of nitro benzene ring substituents is 1. The Hall–Kier alpha value is -2.90. The summed E-state index contributed by atoms with van der Waals surface area (Å²) >= 11 is 0. The SMILES string of the molecule is CC(C)n1cc(NC(=O)c2cc([N+](=O)[O-])ccc2N)cn1. The Morgan fingerprint density at radius 1 is 1.48 bits per heavy atom. The zero-order chi connectivity index (χ0) is 15.6. The Balaban J connectivity index is 2.23. The molecule has 0 saturated heterocycles. The molecular formula is C13H15N5O3. The van der Waals surface area contributed by atoms with Gasteiger partial charge in [0.25, 0.3) is 11.6 Å². The molecule has 0 radical (unpaired) electrons. The van der Waals surface area contributed by atoms with E-state index in [9.17, 15) is 14.9 Å². The number of nitrogens with one attached hydrogen (secondary N) is 1. The average Bonchev–Trinajstić information content (AvgIpc) is 2.87. The largest absolute Gasteiger partial charge is 0.398 e. The number of rotatable bonds is 4. The van der Waals surface area contributed by atoms with Crippen LogP contribution in [-0.2, 0) is 0 Å². The van der Waals surface area contributed by atoms with Gasteiger partial charge >= 0.3 is 0 Å². The summed E-state index contributed by atoms with van der Waals surface area (Å²) in [6.45, 7) is 3.91. The highest BCUT2D eigenvalue weighted by atomic mass is 16.6. The number of non-ortho nitro benzene ring substituents is 1. The molecule has 0 aliphatic heterocycles. The van der Waals surface area contributed by atoms with Crippen LogP contribution in [0.2, 0.25) is 0 Å². The second-order valence-corrected chi connectivity index (χ2v) is 4.79. The first-order valence-corrected chi connectivity index (χ1v) is 6.28. The number of nitrogens with zero attached hydrogens (tertiary/aromatic N) is 3. The lowest BCUT2D eigenvalue weighted by molar-refractivity contribution is -0.384. The number of anilines is 2. The number of amides is 1. The van der Waals surface area contributed by atoms with Crippen LogP contribution in [0, 0.1) is 10.1 Å². The number of benzene rings is 1. The zero-order valence-corrected chi connectivity index (χ0v) is 11.6. The van der Waals surface area contributed by atoms with Crippen molar-refractivity contribution in [2.75, 3.05) is 11.1 Å². The molecule has 8 heteroatoms. The van der Waals surface area contributed by atoms with Crippen molar-refractivity contribution in [2.24, 2.45) is 0 Å². The third-order valence-corrected chi connectivity index (χ3v) is 2.88. The third-order valence-electron chi connectivity index (χ3n) is 2.88. The van der Waals surface area contributed by atoms with E-state index in [1.165, 1.54) is 18.3 Å². The van der Waals surface area contributed by atoms with E-state index >= 15 is 0 Å². The summed E-state index contributed by atoms with van der Waals surface area (Å²) in [4.78, 5) is 22.3. The van der Waals surface area contributed by atoms with E-state index < -0.39 is 10.8 Å². The summed E-state index contributed by atoms with van der Waals surface area (Å²) in [7, 11) is 0. The molecule has 21 heavy (non-hydrogen) atoms. The molecule has 1 aromatic carbocycles. The van der Waals surface area contributed by atoms with Gasteiger partial charge in [-0.25, -0.2) is 0 Å². The van der Waals surface area contributed by atoms with Gasteiger partial charge in [-0.2, -0.15) is 5.10 Å². The highest BCUT2D eigenvalue weighted by Gasteiger charge is 2.16. The Kier molecular flexibility index (Phi) is 3.88. The van der Waals surface area contributed by atoms with E-state index in [-0.39, 0.29) is 23.0 Å². The molecule has 2 rings (SSSR count). The second-order valence-electron chi connectivity index (χ2n) is 4.79. The van der Waals surface area contributed by atoms with E-state index in [1.54, 1.807) is 10.9 Å². The molecule has 8 nitrogen and oxygen atoms in total. The predicted molar refractivity (Wildman–Crippen MR) is 78.1 cm³/mol. The Morgan fingerprint density at radius 3 is 2.76 bits per heavy atom. The lowest BCUT2D eigenvalue weighted by Crippen LogP contribution is -2.14. The number of carbonyl (C=O) groups excluding carboxylic acids is 1. The zero-order valence-electron chi connectivity index (χ0n) is 11.6. The summed E-state index contributed by atoms with van der Waals surface area (Å²) in [5.74, 6) is -0.514. The molecule has 0 aliphatic rings. The fourth-order valence-electron chi connectivity index (χ4n) is 1.74. The molecule has 1 aromatic heterocycles. The first-order chi connectivity index (χ1) is 9.88. The van der Waals surface area contributed by atoms with Crippen LogP contribution in [0.25, 0.3) is 0 Å². The first kappa shape index (κ1) is 14.5. The first-order valence-electron chi connectivity index (χ1n) is 6.28. The Bertz CT molecular complexity index is 693. The number of hydrogen-bond donors (Lipinski definition) is 2. The van der Waals surface area contributed by atoms with Crippen molar-refractivity contribution in [3.8, 4) is 0 Å². The lowest BCUT2D eigenvalue weighted by Gasteiger charge is -2.06. The highest BCUT2D eigenvalue weighted by Crippen LogP contribution is 2.21. The van der Waals surface area contributed by atoms with Crippen molar-refractivity contribution >= 4 is 23.0 Å². The van der Waals surface area contributed by atoms with Crippen LogP contribution in [0.3, 0.4) is 0 Å². The van der Waals surface area contributed by atoms with Crippen molar-refractivity contribution in [2.45, 2.75) is 19.9 Å². The maximum absolute atomic E-state index is 12.1. The van der Waals surface area contributed by atoms with Crippen LogP contribution in [-0.4, -0.2) is 20.6 Å². The molecule has 2 aromatic rings. The van der Waals surface area contributed by atoms with Crippen LogP contribution in [0.5, 0.6) is 0 Å². The van der Waals surface area contributed by atoms with Gasteiger partial charge in [-0.3, -0.25) is 19.6 Å². The molecule has 1 amide bonds. The van der Waals surface area contributed by atoms with Gasteiger partial charge in [0.1, 0.15) is 0 Å². The summed E-state index contributed by atoms with van der Waals surface area (Å²) in [5, 5.41) is 17.5. The number of hydrogen-bond acceptors (Lipinski definition) is 5. The fraction of sp³-hybridized carbons (Fsp3) is 0.231. The molecule has 3 N–H and O–H groups in total. The van der Waals surface area contributed by atoms with Crippen molar-refractivity contribution in [1.82, 2.24) is 9.78 Å². The number of aromatic nitrogens is 2. The third kappa shape index (κ3) is 3.16. The van der Waals surface area contributed by atoms with E-state index in [1.807, 2.05) is 13.8 Å². The van der Waals surface area contributed by atoms with Gasteiger partial charge in [0, 0.05) is 30.1 Å². The summed E-state index contributed by atoms with van der Waals surface area (Å²) in [6.07, 6.45) is 3.18. The van der Waals surface area contributed by atoms with Gasteiger partial charge in [0.2, 0.25) is 0 Å². The molecule has 0 atom stereocenters. The second kappa shape index (κ2) is 5.61. The van der Waals surface area contributed by atoms with Gasteiger partial charge in [-0.1, -0.05) is 0 Å². The fourth-order valence-corrected chi connectivity index (χ4v) is 1.74. The summed E-state index contributed by atoms with van der Waals surface area (Å²) in [5.41, 5.74) is 6.24. The highest BCUT2D eigenvalue weighted by molar-refractivity contribution is 6.08. The Labute approximate surface area is 120 Å². The van der Waals surface area contributed by atoms with Gasteiger partial charge in [0.15, 0.2) is 0 Å². The molecule has 110 valence electrons. The number of nitrogen functional groups attached to an aromatic ring is 1. The molecule has 0 bridgehead atoms. The molecular weight excluding hydrogens is 274 g/mol. The maximum Gasteiger partial charge on any atom is 0.270 e. The minimum absolute atomic E-state index is 0.0569. The van der Waals surface area contributed by atoms with Crippen LogP contribution < -0.4 is 11.1 Å². The molecule has 0 saturated carbocycles. The van der Waals surface area contributed by atoms with Crippen molar-refractivity contribution in [3.63, 3.8) is 0 Å². The van der Waals surface area contributed by atoms with Crippen LogP contribution >= 0.6 is 0 Å². The van der Waals surface area contributed by atoms with E-state index in [0.717, 1.165) is 6.07 Å². The topological polar surface area (TPSA) is 116 Å². The van der Waals surface area contributed by atoms with Crippen LogP contribution in [0.15, 0.2) is 30.6 Å². The molecule has 0 unspecified atom stereocenters. The van der Waals surface area contributed by atoms with Gasteiger partial charge in [-0.05, 0) is 19.9 Å². The van der Waals surface area contributed by atoms with Gasteiger partial charge in [0.05, 0.1) is 22.4 Å². The standard InChI is InChI=1S/C13H15N5O3/c1-8(2)17-7-9(6-15-17)16-13(19)11-5-10(18(20)21)3-4-12(11)14/h3-8H,14H2,1-2H3,(H,16,19). The number of carbonyl (C=O) groups is 1. The van der Waals surface area contributed by atoms with Crippen LogP contribution in [0.4, 0.5) is 17.1 Å². The normalized spacial score (nSPS) is 10.6. The van der Waals surface area contributed by atoms with Crippen molar-refractivity contribution < 1.29 is 9.72 Å². The van der Waals surface area contributed by atoms with Gasteiger partial charge < -0.3 is 11.1 Å². The van der Waals surface area contributed by atoms with Crippen LogP contribution in [0.1, 0.15) is 30.2 Å². The molecule has 0 spiro atoms. The Morgan fingerprint density at radius 2 is 2.19 bits per heavy atom. The number of nitrogens with two attached hydrogens (primary N) is 1. The monoisotopic (exact) mass is 289 g/mol. The summed E-state index contributed by atoms with van der Waals surface area (Å²) in [6, 6.07) is 3.91. The van der Waals surface area contributed by atoms with E-state index in [4.69, 9.17) is 5.73 Å². The lowest BCUT2D eigenvalue weighted by atomic mass is 10.1. The molecule has 1 heterocycles. The summed E-state index contributed by atoms with van der Waals surface area (Å²) < 4.78 is 1.69.